The number of halogens is 4. The average Bonchev–Trinajstić information content (AvgIpc) is 2.45. The van der Waals surface area contributed by atoms with Crippen molar-refractivity contribution >= 4 is 17.3 Å². The minimum Gasteiger partial charge on any atom is -0.391 e. The van der Waals surface area contributed by atoms with Crippen LogP contribution in [0.3, 0.4) is 0 Å². The lowest BCUT2D eigenvalue weighted by molar-refractivity contribution is 0.128. The van der Waals surface area contributed by atoms with Gasteiger partial charge in [-0.05, 0) is 37.3 Å². The molecule has 0 radical (unpaired) electrons. The van der Waals surface area contributed by atoms with E-state index in [1.54, 1.807) is 6.92 Å². The van der Waals surface area contributed by atoms with Crippen molar-refractivity contribution in [2.24, 2.45) is 5.16 Å². The van der Waals surface area contributed by atoms with Gasteiger partial charge in [-0.2, -0.15) is 0 Å². The van der Waals surface area contributed by atoms with E-state index < -0.39 is 17.5 Å². The molecule has 6 heteroatoms. The number of hydrogen-bond donors (Lipinski definition) is 0. The average molecular weight is 314 g/mol. The number of rotatable bonds is 4. The molecule has 2 nitrogen and oxygen atoms in total. The Kier molecular flexibility index (Phi) is 4.85. The summed E-state index contributed by atoms with van der Waals surface area (Å²) in [5.74, 6) is -2.41. The molecule has 0 aromatic heterocycles. The van der Waals surface area contributed by atoms with Crippen LogP contribution in [0, 0.1) is 17.5 Å². The van der Waals surface area contributed by atoms with Crippen LogP contribution in [0.4, 0.5) is 13.2 Å². The second kappa shape index (κ2) is 6.63. The van der Waals surface area contributed by atoms with Crippen LogP contribution in [0.15, 0.2) is 41.6 Å². The summed E-state index contributed by atoms with van der Waals surface area (Å²) in [4.78, 5) is 5.01. The van der Waals surface area contributed by atoms with Gasteiger partial charge in [0.2, 0.25) is 0 Å². The van der Waals surface area contributed by atoms with Gasteiger partial charge in [0.05, 0.1) is 10.7 Å². The van der Waals surface area contributed by atoms with Crippen LogP contribution >= 0.6 is 11.6 Å². The van der Waals surface area contributed by atoms with E-state index in [-0.39, 0.29) is 17.2 Å². The molecule has 0 fully saturated rings. The molecular formula is C15H11ClF3NO. The Bertz CT molecular complexity index is 668. The summed E-state index contributed by atoms with van der Waals surface area (Å²) < 4.78 is 39.4. The van der Waals surface area contributed by atoms with Gasteiger partial charge < -0.3 is 4.84 Å². The number of nitrogens with zero attached hydrogens (tertiary/aromatic N) is 1. The highest BCUT2D eigenvalue weighted by atomic mass is 35.5. The fourth-order valence-electron chi connectivity index (χ4n) is 1.64. The van der Waals surface area contributed by atoms with Gasteiger partial charge in [-0.25, -0.2) is 13.2 Å². The van der Waals surface area contributed by atoms with Crippen LogP contribution in [-0.4, -0.2) is 5.71 Å². The molecule has 0 aliphatic rings. The van der Waals surface area contributed by atoms with E-state index in [0.717, 1.165) is 12.1 Å². The number of benzene rings is 2. The quantitative estimate of drug-likeness (QED) is 0.592. The second-order valence-electron chi connectivity index (χ2n) is 4.28. The van der Waals surface area contributed by atoms with Crippen molar-refractivity contribution in [3.63, 3.8) is 0 Å². The zero-order valence-corrected chi connectivity index (χ0v) is 11.8. The van der Waals surface area contributed by atoms with E-state index >= 15 is 0 Å². The first-order chi connectivity index (χ1) is 9.99. The molecule has 2 aromatic rings. The van der Waals surface area contributed by atoms with Crippen molar-refractivity contribution in [1.82, 2.24) is 0 Å². The molecule has 0 bridgehead atoms. The number of hydrogen-bond acceptors (Lipinski definition) is 2. The monoisotopic (exact) mass is 313 g/mol. The Labute approximate surface area is 124 Å². The van der Waals surface area contributed by atoms with Crippen molar-refractivity contribution in [2.45, 2.75) is 13.5 Å². The molecule has 0 saturated heterocycles. The second-order valence-corrected chi connectivity index (χ2v) is 4.69. The molecule has 0 N–H and O–H groups in total. The minimum atomic E-state index is -0.973. The van der Waals surface area contributed by atoms with E-state index in [4.69, 9.17) is 16.4 Å². The molecule has 0 unspecified atom stereocenters. The van der Waals surface area contributed by atoms with Gasteiger partial charge in [0.15, 0.2) is 11.6 Å². The van der Waals surface area contributed by atoms with Crippen molar-refractivity contribution in [2.75, 3.05) is 0 Å². The fraction of sp³-hybridized carbons (Fsp3) is 0.133. The third-order valence-electron chi connectivity index (χ3n) is 2.81. The Morgan fingerprint density at radius 3 is 2.52 bits per heavy atom. The summed E-state index contributed by atoms with van der Waals surface area (Å²) in [5, 5.41) is 3.98. The van der Waals surface area contributed by atoms with E-state index in [1.807, 2.05) is 0 Å². The lowest BCUT2D eigenvalue weighted by Gasteiger charge is -2.06. The zero-order valence-electron chi connectivity index (χ0n) is 11.0. The van der Waals surface area contributed by atoms with Crippen LogP contribution in [0.1, 0.15) is 18.1 Å². The summed E-state index contributed by atoms with van der Waals surface area (Å²) in [6.07, 6.45) is 0. The molecule has 0 aliphatic carbocycles. The van der Waals surface area contributed by atoms with Gasteiger partial charge >= 0.3 is 0 Å². The third-order valence-corrected chi connectivity index (χ3v) is 3.16. The van der Waals surface area contributed by atoms with Gasteiger partial charge in [-0.1, -0.05) is 22.8 Å². The van der Waals surface area contributed by atoms with Crippen LogP contribution < -0.4 is 0 Å². The highest BCUT2D eigenvalue weighted by molar-refractivity contribution is 6.31. The van der Waals surface area contributed by atoms with Crippen molar-refractivity contribution in [1.29, 1.82) is 0 Å². The highest BCUT2D eigenvalue weighted by Crippen LogP contribution is 2.20. The van der Waals surface area contributed by atoms with E-state index in [0.29, 0.717) is 11.3 Å². The molecule has 0 saturated carbocycles. The molecule has 0 amide bonds. The number of oxime groups is 1. The SMILES string of the molecule is CC(=NOCc1c(F)cccc1Cl)c1ccc(F)c(F)c1. The minimum absolute atomic E-state index is 0.160. The smallest absolute Gasteiger partial charge is 0.159 e. The Morgan fingerprint density at radius 1 is 1.10 bits per heavy atom. The summed E-state index contributed by atoms with van der Waals surface area (Å²) in [7, 11) is 0. The van der Waals surface area contributed by atoms with Gasteiger partial charge in [0, 0.05) is 11.1 Å². The summed E-state index contributed by atoms with van der Waals surface area (Å²) in [5.41, 5.74) is 0.885. The highest BCUT2D eigenvalue weighted by Gasteiger charge is 2.08. The summed E-state index contributed by atoms with van der Waals surface area (Å²) in [6, 6.07) is 7.66. The van der Waals surface area contributed by atoms with Gasteiger partial charge in [0.25, 0.3) is 0 Å². The van der Waals surface area contributed by atoms with Crippen LogP contribution in [-0.2, 0) is 11.4 Å². The van der Waals surface area contributed by atoms with E-state index in [1.165, 1.54) is 24.3 Å². The van der Waals surface area contributed by atoms with Crippen LogP contribution in [0.5, 0.6) is 0 Å². The summed E-state index contributed by atoms with van der Waals surface area (Å²) >= 11 is 5.84. The van der Waals surface area contributed by atoms with E-state index in [2.05, 4.69) is 5.16 Å². The first-order valence-electron chi connectivity index (χ1n) is 6.04. The standard InChI is InChI=1S/C15H11ClF3NO/c1-9(10-5-6-14(18)15(19)7-10)20-21-8-11-12(16)3-2-4-13(11)17/h2-7H,8H2,1H3. The maximum Gasteiger partial charge on any atom is 0.159 e. The lowest BCUT2D eigenvalue weighted by atomic mass is 10.1. The summed E-state index contributed by atoms with van der Waals surface area (Å²) in [6.45, 7) is 1.40. The molecule has 110 valence electrons. The van der Waals surface area contributed by atoms with Crippen molar-refractivity contribution in [3.05, 3.63) is 70.0 Å². The van der Waals surface area contributed by atoms with Crippen LogP contribution in [0.2, 0.25) is 5.02 Å². The van der Waals surface area contributed by atoms with Gasteiger partial charge in [-0.3, -0.25) is 0 Å². The van der Waals surface area contributed by atoms with Crippen molar-refractivity contribution < 1.29 is 18.0 Å². The van der Waals surface area contributed by atoms with Gasteiger partial charge in [0.1, 0.15) is 12.4 Å². The first-order valence-corrected chi connectivity index (χ1v) is 6.41. The lowest BCUT2D eigenvalue weighted by Crippen LogP contribution is -2.00. The van der Waals surface area contributed by atoms with Crippen molar-refractivity contribution in [3.8, 4) is 0 Å². The molecule has 2 aromatic carbocycles. The topological polar surface area (TPSA) is 21.6 Å². The zero-order chi connectivity index (χ0) is 15.4. The van der Waals surface area contributed by atoms with Crippen LogP contribution in [0.25, 0.3) is 0 Å². The normalized spacial score (nSPS) is 11.6. The maximum absolute atomic E-state index is 13.5. The fourth-order valence-corrected chi connectivity index (χ4v) is 1.86. The Hall–Kier alpha value is -2.01. The predicted octanol–water partition coefficient (Wildman–Crippen LogP) is 4.70. The first kappa shape index (κ1) is 15.4. The van der Waals surface area contributed by atoms with Gasteiger partial charge in [-0.15, -0.1) is 0 Å². The molecule has 0 spiro atoms. The Morgan fingerprint density at radius 2 is 1.86 bits per heavy atom. The molecule has 2 rings (SSSR count). The molecular weight excluding hydrogens is 303 g/mol. The van der Waals surface area contributed by atoms with E-state index in [9.17, 15) is 13.2 Å². The molecule has 0 aliphatic heterocycles. The predicted molar refractivity (Wildman–Crippen MR) is 74.8 cm³/mol. The molecule has 0 atom stereocenters. The Balaban J connectivity index is 2.08. The third kappa shape index (κ3) is 3.76. The maximum atomic E-state index is 13.5. The largest absolute Gasteiger partial charge is 0.391 e. The molecule has 0 heterocycles. The molecule has 21 heavy (non-hydrogen) atoms.